The number of rotatable bonds is 8. The van der Waals surface area contributed by atoms with Gasteiger partial charge in [-0.2, -0.15) is 0 Å². The van der Waals surface area contributed by atoms with Crippen molar-refractivity contribution < 1.29 is 47.6 Å². The smallest absolute Gasteiger partial charge is 0.410 e. The predicted molar refractivity (Wildman–Crippen MR) is 189 cm³/mol. The molecular formula is C40H53FN2O9. The zero-order valence-corrected chi connectivity index (χ0v) is 31.1. The van der Waals surface area contributed by atoms with Gasteiger partial charge < -0.3 is 33.9 Å². The molecule has 4 aliphatic rings. The summed E-state index contributed by atoms with van der Waals surface area (Å²) < 4.78 is 35.2. The van der Waals surface area contributed by atoms with Crippen molar-refractivity contribution in [1.82, 2.24) is 9.80 Å². The minimum absolute atomic E-state index is 0.0160. The fraction of sp³-hybridized carbons (Fsp3) is 0.600. The van der Waals surface area contributed by atoms with E-state index in [2.05, 4.69) is 0 Å². The lowest BCUT2D eigenvalue weighted by atomic mass is 9.55. The maximum atomic E-state index is 13.3. The summed E-state index contributed by atoms with van der Waals surface area (Å²) >= 11 is 0. The van der Waals surface area contributed by atoms with E-state index < -0.39 is 40.9 Å². The maximum absolute atomic E-state index is 13.3. The van der Waals surface area contributed by atoms with Crippen LogP contribution in [0.25, 0.3) is 0 Å². The molecule has 2 aliphatic carbocycles. The van der Waals surface area contributed by atoms with Crippen LogP contribution in [0.3, 0.4) is 0 Å². The van der Waals surface area contributed by atoms with E-state index in [9.17, 15) is 28.7 Å². The van der Waals surface area contributed by atoms with Crippen LogP contribution >= 0.6 is 0 Å². The molecule has 12 heteroatoms. The number of carbonyl (C=O) groups excluding carboxylic acids is 4. The van der Waals surface area contributed by atoms with Gasteiger partial charge in [0.15, 0.2) is 0 Å². The van der Waals surface area contributed by atoms with Crippen LogP contribution in [0.15, 0.2) is 60.7 Å². The van der Waals surface area contributed by atoms with Crippen LogP contribution < -0.4 is 0 Å². The minimum Gasteiger partial charge on any atom is -0.459 e. The van der Waals surface area contributed by atoms with Crippen LogP contribution in [0.1, 0.15) is 65.5 Å². The SMILES string of the molecule is CC(C)(C)OC(=O)[C@@]12CC(CF)[C@@H]1CN(C(=O)OCc1ccccc1)C2.CC(C)(C)OC(=O)[C@@]12CC(CO)[C@@H]1CN(C(=O)OCc1ccccc1)C2. The molecule has 2 aromatic carbocycles. The van der Waals surface area contributed by atoms with Gasteiger partial charge in [-0.25, -0.2) is 9.59 Å². The molecule has 2 aliphatic heterocycles. The van der Waals surface area contributed by atoms with Gasteiger partial charge in [-0.15, -0.1) is 0 Å². The van der Waals surface area contributed by atoms with E-state index >= 15 is 0 Å². The molecule has 2 saturated heterocycles. The summed E-state index contributed by atoms with van der Waals surface area (Å²) in [6.07, 6.45) is 0.0727. The van der Waals surface area contributed by atoms with Crippen molar-refractivity contribution in [1.29, 1.82) is 0 Å². The Morgan fingerprint density at radius 1 is 0.692 bits per heavy atom. The van der Waals surface area contributed by atoms with Gasteiger partial charge in [0.25, 0.3) is 0 Å². The molecule has 4 fully saturated rings. The molecule has 11 nitrogen and oxygen atoms in total. The number of aliphatic hydroxyl groups excluding tert-OH is 1. The highest BCUT2D eigenvalue weighted by Gasteiger charge is 2.66. The minimum atomic E-state index is -0.796. The highest BCUT2D eigenvalue weighted by Crippen LogP contribution is 2.58. The van der Waals surface area contributed by atoms with Gasteiger partial charge in [0.1, 0.15) is 24.4 Å². The molecule has 284 valence electrons. The first-order chi connectivity index (χ1) is 24.5. The Balaban J connectivity index is 0.000000201. The normalized spacial score (nSPS) is 27.5. The highest BCUT2D eigenvalue weighted by molar-refractivity contribution is 5.82. The number of ether oxygens (including phenoxy) is 4. The van der Waals surface area contributed by atoms with Gasteiger partial charge >= 0.3 is 24.1 Å². The van der Waals surface area contributed by atoms with Crippen molar-refractivity contribution in [2.24, 2.45) is 34.5 Å². The van der Waals surface area contributed by atoms with Gasteiger partial charge in [0.2, 0.25) is 0 Å². The first-order valence-corrected chi connectivity index (χ1v) is 18.1. The van der Waals surface area contributed by atoms with Crippen molar-refractivity contribution in [2.75, 3.05) is 39.5 Å². The van der Waals surface area contributed by atoms with Crippen LogP contribution in [-0.2, 0) is 41.8 Å². The molecule has 1 N–H and O–H groups in total. The Kier molecular flexibility index (Phi) is 11.6. The molecule has 0 aromatic heterocycles. The van der Waals surface area contributed by atoms with E-state index in [1.54, 1.807) is 4.90 Å². The van der Waals surface area contributed by atoms with Crippen molar-refractivity contribution in [3.8, 4) is 0 Å². The molecule has 0 spiro atoms. The lowest BCUT2D eigenvalue weighted by Crippen LogP contribution is -2.55. The van der Waals surface area contributed by atoms with E-state index in [1.807, 2.05) is 102 Å². The van der Waals surface area contributed by atoms with E-state index in [1.165, 1.54) is 4.90 Å². The number of nitrogens with zero attached hydrogens (tertiary/aromatic N) is 2. The van der Waals surface area contributed by atoms with Crippen LogP contribution in [0.5, 0.6) is 0 Å². The number of alkyl halides is 1. The summed E-state index contributed by atoms with van der Waals surface area (Å²) in [7, 11) is 0. The Morgan fingerprint density at radius 2 is 1.08 bits per heavy atom. The highest BCUT2D eigenvalue weighted by atomic mass is 19.1. The van der Waals surface area contributed by atoms with Crippen LogP contribution in [0.4, 0.5) is 14.0 Å². The molecular weight excluding hydrogens is 671 g/mol. The second-order valence-electron chi connectivity index (χ2n) is 16.6. The number of carbonyl (C=O) groups is 4. The zero-order chi connectivity index (χ0) is 37.9. The number of likely N-dealkylation sites (tertiary alicyclic amines) is 2. The predicted octanol–water partition coefficient (Wildman–Crippen LogP) is 6.17. The monoisotopic (exact) mass is 724 g/mol. The molecule has 6 atom stereocenters. The van der Waals surface area contributed by atoms with Gasteiger partial charge in [-0.1, -0.05) is 60.7 Å². The van der Waals surface area contributed by atoms with Crippen molar-refractivity contribution in [2.45, 2.75) is 78.8 Å². The molecule has 2 amide bonds. The quantitative estimate of drug-likeness (QED) is 0.251. The number of hydrogen-bond acceptors (Lipinski definition) is 9. The first-order valence-electron chi connectivity index (χ1n) is 18.1. The Labute approximate surface area is 305 Å². The second-order valence-corrected chi connectivity index (χ2v) is 16.6. The third kappa shape index (κ3) is 8.54. The molecule has 0 radical (unpaired) electrons. The largest absolute Gasteiger partial charge is 0.459 e. The summed E-state index contributed by atoms with van der Waals surface area (Å²) in [5.41, 5.74) is -0.896. The number of fused-ring (bicyclic) bond motifs is 2. The van der Waals surface area contributed by atoms with Gasteiger partial charge in [0.05, 0.1) is 17.5 Å². The third-order valence-electron chi connectivity index (χ3n) is 10.6. The van der Waals surface area contributed by atoms with Crippen LogP contribution in [-0.4, -0.2) is 89.7 Å². The summed E-state index contributed by atoms with van der Waals surface area (Å²) in [6, 6.07) is 18.9. The summed E-state index contributed by atoms with van der Waals surface area (Å²) in [6.45, 7) is 12.1. The van der Waals surface area contributed by atoms with E-state index in [0.29, 0.717) is 25.9 Å². The number of benzene rings is 2. The van der Waals surface area contributed by atoms with Crippen molar-refractivity contribution >= 4 is 24.1 Å². The third-order valence-corrected chi connectivity index (χ3v) is 10.6. The van der Waals surface area contributed by atoms with Crippen molar-refractivity contribution in [3.63, 3.8) is 0 Å². The topological polar surface area (TPSA) is 132 Å². The molecule has 6 rings (SSSR count). The van der Waals surface area contributed by atoms with E-state index in [-0.39, 0.29) is 68.5 Å². The fourth-order valence-electron chi connectivity index (χ4n) is 8.01. The summed E-state index contributed by atoms with van der Waals surface area (Å²) in [4.78, 5) is 53.5. The number of amides is 2. The summed E-state index contributed by atoms with van der Waals surface area (Å²) in [5.74, 6) is -1.07. The standard InChI is InChI=1S/C20H26FNO4.C20H27NO5/c1-19(2,3)26-17(23)20-9-15(10-21)16(20)11-22(13-20)18(24)25-12-14-7-5-4-6-8-14;1-19(2,3)26-17(23)20-9-15(11-22)16(20)10-21(13-20)18(24)25-12-14-7-5-4-6-8-14/h4-8,15-16H,9-13H2,1-3H3;4-8,15-16,22H,9-13H2,1-3H3/t2*15?,16-,20+/m00/s1. The van der Waals surface area contributed by atoms with E-state index in [4.69, 9.17) is 18.9 Å². The average Bonchev–Trinajstić information content (AvgIpc) is 3.55. The molecule has 0 bridgehead atoms. The van der Waals surface area contributed by atoms with Crippen LogP contribution in [0, 0.1) is 34.5 Å². The Bertz CT molecular complexity index is 1460. The van der Waals surface area contributed by atoms with Gasteiger partial charge in [-0.3, -0.25) is 14.0 Å². The zero-order valence-electron chi connectivity index (χ0n) is 31.1. The lowest BCUT2D eigenvalue weighted by Gasteiger charge is -2.48. The molecule has 2 unspecified atom stereocenters. The van der Waals surface area contributed by atoms with Gasteiger partial charge in [0, 0.05) is 32.8 Å². The second kappa shape index (κ2) is 15.4. The van der Waals surface area contributed by atoms with Crippen LogP contribution in [0.2, 0.25) is 0 Å². The molecule has 2 saturated carbocycles. The number of esters is 2. The molecule has 2 aromatic rings. The summed E-state index contributed by atoms with van der Waals surface area (Å²) in [5, 5.41) is 9.55. The van der Waals surface area contributed by atoms with E-state index in [0.717, 1.165) is 11.1 Å². The first kappa shape index (κ1) is 39.0. The molecule has 52 heavy (non-hydrogen) atoms. The Morgan fingerprint density at radius 3 is 1.44 bits per heavy atom. The average molecular weight is 725 g/mol. The van der Waals surface area contributed by atoms with Crippen molar-refractivity contribution in [3.05, 3.63) is 71.8 Å². The number of hydrogen-bond donors (Lipinski definition) is 1. The fourth-order valence-corrected chi connectivity index (χ4v) is 8.01. The maximum Gasteiger partial charge on any atom is 0.410 e. The molecule has 2 heterocycles. The number of aliphatic hydroxyl groups is 1. The number of halogens is 1. The van der Waals surface area contributed by atoms with Gasteiger partial charge in [-0.05, 0) is 89.2 Å². The lowest BCUT2D eigenvalue weighted by molar-refractivity contribution is -0.183. The Hall–Kier alpha value is -4.19.